The van der Waals surface area contributed by atoms with Gasteiger partial charge in [-0.05, 0) is 76.9 Å². The molecule has 0 aliphatic heterocycles. The summed E-state index contributed by atoms with van der Waals surface area (Å²) in [5.41, 5.74) is 4.79. The Kier molecular flexibility index (Phi) is 4.04. The number of rotatable bonds is 3. The molecule has 0 saturated carbocycles. The van der Waals surface area contributed by atoms with E-state index in [4.69, 9.17) is 9.47 Å². The molecule has 26 heavy (non-hydrogen) atoms. The summed E-state index contributed by atoms with van der Waals surface area (Å²) in [6.07, 6.45) is 0. The fraction of sp³-hybridized carbons (Fsp3) is 0.167. The molecule has 130 valence electrons. The lowest BCUT2D eigenvalue weighted by molar-refractivity contribution is 0.415. The van der Waals surface area contributed by atoms with Crippen molar-refractivity contribution in [2.75, 3.05) is 14.2 Å². The lowest BCUT2D eigenvalue weighted by Crippen LogP contribution is -1.92. The second-order valence-corrected chi connectivity index (χ2v) is 6.78. The third-order valence-electron chi connectivity index (χ3n) is 4.99. The molecule has 0 N–H and O–H groups in total. The average molecular weight is 342 g/mol. The Labute approximate surface area is 154 Å². The molecule has 0 aromatic heterocycles. The van der Waals surface area contributed by atoms with Crippen LogP contribution in [0.15, 0.2) is 60.7 Å². The van der Waals surface area contributed by atoms with E-state index >= 15 is 0 Å². The highest BCUT2D eigenvalue weighted by Gasteiger charge is 2.12. The third-order valence-corrected chi connectivity index (χ3v) is 4.99. The van der Waals surface area contributed by atoms with Crippen LogP contribution in [0.2, 0.25) is 0 Å². The highest BCUT2D eigenvalue weighted by molar-refractivity contribution is 5.95. The molecule has 4 aromatic rings. The molecule has 4 rings (SSSR count). The Morgan fingerprint density at radius 3 is 2.00 bits per heavy atom. The number of ether oxygens (including phenoxy) is 2. The van der Waals surface area contributed by atoms with Crippen LogP contribution in [-0.4, -0.2) is 14.2 Å². The molecule has 0 amide bonds. The molecule has 0 aliphatic rings. The van der Waals surface area contributed by atoms with E-state index in [-0.39, 0.29) is 0 Å². The lowest BCUT2D eigenvalue weighted by Gasteiger charge is -2.15. The van der Waals surface area contributed by atoms with E-state index in [1.54, 1.807) is 14.2 Å². The summed E-state index contributed by atoms with van der Waals surface area (Å²) in [5.74, 6) is 1.78. The predicted octanol–water partition coefficient (Wildman–Crippen LogP) is 6.29. The molecule has 0 unspecified atom stereocenters. The van der Waals surface area contributed by atoms with Crippen molar-refractivity contribution < 1.29 is 9.47 Å². The number of benzene rings is 4. The van der Waals surface area contributed by atoms with Crippen LogP contribution in [0, 0.1) is 13.8 Å². The minimum atomic E-state index is 0.878. The first-order valence-electron chi connectivity index (χ1n) is 8.76. The second-order valence-electron chi connectivity index (χ2n) is 6.78. The van der Waals surface area contributed by atoms with Crippen molar-refractivity contribution in [1.29, 1.82) is 0 Å². The van der Waals surface area contributed by atoms with Gasteiger partial charge in [0.05, 0.1) is 14.2 Å². The predicted molar refractivity (Wildman–Crippen MR) is 109 cm³/mol. The summed E-state index contributed by atoms with van der Waals surface area (Å²) in [6.45, 7) is 4.26. The van der Waals surface area contributed by atoms with Crippen LogP contribution in [-0.2, 0) is 0 Å². The van der Waals surface area contributed by atoms with E-state index < -0.39 is 0 Å². The summed E-state index contributed by atoms with van der Waals surface area (Å²) in [4.78, 5) is 0. The van der Waals surface area contributed by atoms with Gasteiger partial charge in [-0.1, -0.05) is 35.9 Å². The van der Waals surface area contributed by atoms with Crippen molar-refractivity contribution in [1.82, 2.24) is 0 Å². The van der Waals surface area contributed by atoms with Crippen LogP contribution in [0.1, 0.15) is 11.1 Å². The molecular weight excluding hydrogens is 320 g/mol. The minimum absolute atomic E-state index is 0.878. The smallest absolute Gasteiger partial charge is 0.127 e. The first-order chi connectivity index (χ1) is 12.6. The average Bonchev–Trinajstić information content (AvgIpc) is 2.65. The molecule has 0 radical (unpaired) electrons. The van der Waals surface area contributed by atoms with Crippen molar-refractivity contribution in [3.8, 4) is 22.6 Å². The summed E-state index contributed by atoms with van der Waals surface area (Å²) in [6, 6.07) is 21.5. The normalized spacial score (nSPS) is 11.1. The second kappa shape index (κ2) is 6.38. The fourth-order valence-corrected chi connectivity index (χ4v) is 3.58. The Balaban J connectivity index is 1.96. The SMILES string of the molecule is COc1ccc2cc(-c3cc4ccc(C)cc4cc3OC)c(C)cc2c1. The van der Waals surface area contributed by atoms with E-state index in [1.807, 2.05) is 6.07 Å². The number of methoxy groups -OCH3 is 2. The maximum Gasteiger partial charge on any atom is 0.127 e. The Morgan fingerprint density at radius 1 is 0.577 bits per heavy atom. The van der Waals surface area contributed by atoms with Crippen LogP contribution < -0.4 is 9.47 Å². The van der Waals surface area contributed by atoms with Crippen molar-refractivity contribution >= 4 is 21.5 Å². The van der Waals surface area contributed by atoms with Crippen LogP contribution in [0.5, 0.6) is 11.5 Å². The van der Waals surface area contributed by atoms with Gasteiger partial charge in [-0.2, -0.15) is 0 Å². The maximum absolute atomic E-state index is 5.73. The zero-order valence-corrected chi connectivity index (χ0v) is 15.6. The zero-order valence-electron chi connectivity index (χ0n) is 15.6. The molecule has 4 aromatic carbocycles. The van der Waals surface area contributed by atoms with Crippen LogP contribution in [0.25, 0.3) is 32.7 Å². The van der Waals surface area contributed by atoms with E-state index in [2.05, 4.69) is 68.4 Å². The van der Waals surface area contributed by atoms with E-state index in [1.165, 1.54) is 38.2 Å². The van der Waals surface area contributed by atoms with E-state index in [0.29, 0.717) is 0 Å². The Bertz CT molecular complexity index is 1130. The van der Waals surface area contributed by atoms with Gasteiger partial charge >= 0.3 is 0 Å². The van der Waals surface area contributed by atoms with Gasteiger partial charge in [0.25, 0.3) is 0 Å². The Morgan fingerprint density at radius 2 is 1.27 bits per heavy atom. The first kappa shape index (κ1) is 16.5. The highest BCUT2D eigenvalue weighted by atomic mass is 16.5. The summed E-state index contributed by atoms with van der Waals surface area (Å²) >= 11 is 0. The molecule has 2 nitrogen and oxygen atoms in total. The van der Waals surface area contributed by atoms with E-state index in [9.17, 15) is 0 Å². The topological polar surface area (TPSA) is 18.5 Å². The molecule has 0 heterocycles. The summed E-state index contributed by atoms with van der Waals surface area (Å²) in [5, 5.41) is 4.80. The third kappa shape index (κ3) is 2.78. The van der Waals surface area contributed by atoms with Crippen molar-refractivity contribution in [2.45, 2.75) is 13.8 Å². The van der Waals surface area contributed by atoms with Gasteiger partial charge in [0, 0.05) is 5.56 Å². The monoisotopic (exact) mass is 342 g/mol. The van der Waals surface area contributed by atoms with Gasteiger partial charge in [0.1, 0.15) is 11.5 Å². The largest absolute Gasteiger partial charge is 0.497 e. The molecular formula is C24H22O2. The number of aryl methyl sites for hydroxylation is 2. The summed E-state index contributed by atoms with van der Waals surface area (Å²) < 4.78 is 11.1. The van der Waals surface area contributed by atoms with Gasteiger partial charge in [0.15, 0.2) is 0 Å². The molecule has 0 bridgehead atoms. The van der Waals surface area contributed by atoms with Crippen LogP contribution in [0.3, 0.4) is 0 Å². The number of fused-ring (bicyclic) bond motifs is 2. The number of hydrogen-bond acceptors (Lipinski definition) is 2. The van der Waals surface area contributed by atoms with Gasteiger partial charge in [-0.3, -0.25) is 0 Å². The van der Waals surface area contributed by atoms with Gasteiger partial charge in [0.2, 0.25) is 0 Å². The first-order valence-corrected chi connectivity index (χ1v) is 8.76. The van der Waals surface area contributed by atoms with Crippen molar-refractivity contribution in [3.05, 3.63) is 71.8 Å². The van der Waals surface area contributed by atoms with Gasteiger partial charge in [-0.15, -0.1) is 0 Å². The standard InChI is InChI=1S/C24H22O2/c1-15-5-6-17-13-23(24(26-4)14-19(17)9-15)22-12-18-7-8-21(25-3)11-20(18)10-16(22)2/h5-14H,1-4H3. The quantitative estimate of drug-likeness (QED) is 0.435. The zero-order chi connectivity index (χ0) is 18.3. The van der Waals surface area contributed by atoms with Crippen molar-refractivity contribution in [3.63, 3.8) is 0 Å². The van der Waals surface area contributed by atoms with Gasteiger partial charge in [-0.25, -0.2) is 0 Å². The molecule has 0 fully saturated rings. The van der Waals surface area contributed by atoms with Crippen LogP contribution >= 0.6 is 0 Å². The molecule has 2 heteroatoms. The van der Waals surface area contributed by atoms with Gasteiger partial charge < -0.3 is 9.47 Å². The maximum atomic E-state index is 5.73. The van der Waals surface area contributed by atoms with Crippen molar-refractivity contribution in [2.24, 2.45) is 0 Å². The molecule has 0 aliphatic carbocycles. The highest BCUT2D eigenvalue weighted by Crippen LogP contribution is 2.38. The van der Waals surface area contributed by atoms with Crippen LogP contribution in [0.4, 0.5) is 0 Å². The van der Waals surface area contributed by atoms with E-state index in [0.717, 1.165) is 17.1 Å². The molecule has 0 saturated heterocycles. The summed E-state index contributed by atoms with van der Waals surface area (Å²) in [7, 11) is 3.44. The minimum Gasteiger partial charge on any atom is -0.497 e. The molecule has 0 spiro atoms. The number of hydrogen-bond donors (Lipinski definition) is 0. The Hall–Kier alpha value is -3.00. The lowest BCUT2D eigenvalue weighted by atomic mass is 9.93. The molecule has 0 atom stereocenters. The fourth-order valence-electron chi connectivity index (χ4n) is 3.58.